The van der Waals surface area contributed by atoms with Crippen LogP contribution in [0.5, 0.6) is 0 Å². The van der Waals surface area contributed by atoms with Crippen molar-refractivity contribution in [2.75, 3.05) is 46.6 Å². The van der Waals surface area contributed by atoms with E-state index in [-0.39, 0.29) is 0 Å². The van der Waals surface area contributed by atoms with Crippen LogP contribution in [0, 0.1) is 6.92 Å². The van der Waals surface area contributed by atoms with Crippen molar-refractivity contribution in [1.82, 2.24) is 10.2 Å². The molecule has 2 rings (SSSR count). The SMILES string of the molecule is CNCCOCCOCCN1Cc2ccc(C)cc2C1. The fourth-order valence-corrected chi connectivity index (χ4v) is 2.44. The molecule has 0 spiro atoms. The Hall–Kier alpha value is -0.940. The second-order valence-corrected chi connectivity index (χ2v) is 5.31. The molecule has 1 aliphatic rings. The van der Waals surface area contributed by atoms with Gasteiger partial charge in [-0.3, -0.25) is 4.90 Å². The third-order valence-corrected chi connectivity index (χ3v) is 3.57. The van der Waals surface area contributed by atoms with Gasteiger partial charge >= 0.3 is 0 Å². The Bertz CT molecular complexity index is 409. The lowest BCUT2D eigenvalue weighted by Crippen LogP contribution is -2.23. The van der Waals surface area contributed by atoms with Crippen LogP contribution in [0.2, 0.25) is 0 Å². The summed E-state index contributed by atoms with van der Waals surface area (Å²) in [6.07, 6.45) is 0. The first-order chi connectivity index (χ1) is 9.79. The number of likely N-dealkylation sites (N-methyl/N-ethyl adjacent to an activating group) is 1. The molecule has 0 radical (unpaired) electrons. The van der Waals surface area contributed by atoms with Crippen molar-refractivity contribution in [1.29, 1.82) is 0 Å². The molecule has 0 unspecified atom stereocenters. The molecule has 1 aliphatic heterocycles. The van der Waals surface area contributed by atoms with E-state index in [1.54, 1.807) is 0 Å². The zero-order chi connectivity index (χ0) is 14.2. The van der Waals surface area contributed by atoms with Gasteiger partial charge < -0.3 is 14.8 Å². The summed E-state index contributed by atoms with van der Waals surface area (Å²) in [5.41, 5.74) is 4.28. The number of hydrogen-bond donors (Lipinski definition) is 1. The Morgan fingerprint density at radius 3 is 2.60 bits per heavy atom. The highest BCUT2D eigenvalue weighted by molar-refractivity contribution is 5.34. The lowest BCUT2D eigenvalue weighted by atomic mass is 10.1. The van der Waals surface area contributed by atoms with Crippen molar-refractivity contribution in [3.8, 4) is 0 Å². The van der Waals surface area contributed by atoms with Gasteiger partial charge in [0.1, 0.15) is 0 Å². The molecule has 1 aromatic rings. The van der Waals surface area contributed by atoms with Crippen molar-refractivity contribution < 1.29 is 9.47 Å². The van der Waals surface area contributed by atoms with Gasteiger partial charge in [0.2, 0.25) is 0 Å². The maximum absolute atomic E-state index is 5.61. The van der Waals surface area contributed by atoms with E-state index in [9.17, 15) is 0 Å². The van der Waals surface area contributed by atoms with Crippen molar-refractivity contribution >= 4 is 0 Å². The first kappa shape index (κ1) is 15.4. The highest BCUT2D eigenvalue weighted by Gasteiger charge is 2.17. The minimum Gasteiger partial charge on any atom is -0.378 e. The van der Waals surface area contributed by atoms with Crippen molar-refractivity contribution in [3.63, 3.8) is 0 Å². The van der Waals surface area contributed by atoms with Crippen molar-refractivity contribution in [2.45, 2.75) is 20.0 Å². The number of benzene rings is 1. The van der Waals surface area contributed by atoms with Crippen molar-refractivity contribution in [3.05, 3.63) is 34.9 Å². The molecule has 0 fully saturated rings. The molecule has 0 amide bonds. The van der Waals surface area contributed by atoms with Gasteiger partial charge in [-0.25, -0.2) is 0 Å². The van der Waals surface area contributed by atoms with Crippen LogP contribution < -0.4 is 5.32 Å². The smallest absolute Gasteiger partial charge is 0.0701 e. The molecule has 0 aliphatic carbocycles. The largest absolute Gasteiger partial charge is 0.378 e. The first-order valence-electron chi connectivity index (χ1n) is 7.40. The molecule has 0 bridgehead atoms. The molecule has 1 heterocycles. The molecular weight excluding hydrogens is 252 g/mol. The predicted molar refractivity (Wildman–Crippen MR) is 80.9 cm³/mol. The van der Waals surface area contributed by atoms with E-state index in [2.05, 4.69) is 35.3 Å². The topological polar surface area (TPSA) is 33.7 Å². The minimum atomic E-state index is 0.682. The standard InChI is InChI=1S/C16H26N2O2/c1-14-3-4-15-12-18(13-16(15)11-14)6-8-20-10-9-19-7-5-17-2/h3-4,11,17H,5-10,12-13H2,1-2H3. The maximum atomic E-state index is 5.61. The predicted octanol–water partition coefficient (Wildman–Crippen LogP) is 1.56. The normalized spacial score (nSPS) is 14.7. The summed E-state index contributed by atoms with van der Waals surface area (Å²) in [6.45, 7) is 9.04. The molecule has 20 heavy (non-hydrogen) atoms. The number of nitrogens with one attached hydrogen (secondary N) is 1. The second-order valence-electron chi connectivity index (χ2n) is 5.31. The van der Waals surface area contributed by atoms with Crippen LogP contribution in [0.15, 0.2) is 18.2 Å². The van der Waals surface area contributed by atoms with Crippen LogP contribution in [0.25, 0.3) is 0 Å². The molecule has 4 nitrogen and oxygen atoms in total. The van der Waals surface area contributed by atoms with Gasteiger partial charge in [0.05, 0.1) is 26.4 Å². The summed E-state index contributed by atoms with van der Waals surface area (Å²) in [6, 6.07) is 6.74. The van der Waals surface area contributed by atoms with Gasteiger partial charge in [-0.15, -0.1) is 0 Å². The molecule has 112 valence electrons. The number of rotatable bonds is 9. The summed E-state index contributed by atoms with van der Waals surface area (Å²) in [5, 5.41) is 3.05. The number of hydrogen-bond acceptors (Lipinski definition) is 4. The first-order valence-corrected chi connectivity index (χ1v) is 7.40. The van der Waals surface area contributed by atoms with Gasteiger partial charge in [0.15, 0.2) is 0 Å². The molecular formula is C16H26N2O2. The molecule has 4 heteroatoms. The zero-order valence-corrected chi connectivity index (χ0v) is 12.7. The van der Waals surface area contributed by atoms with E-state index >= 15 is 0 Å². The van der Waals surface area contributed by atoms with Crippen LogP contribution in [0.4, 0.5) is 0 Å². The number of ether oxygens (including phenoxy) is 2. The molecule has 0 saturated carbocycles. The summed E-state index contributed by atoms with van der Waals surface area (Å²) in [7, 11) is 1.93. The average molecular weight is 278 g/mol. The number of fused-ring (bicyclic) bond motifs is 1. The fourth-order valence-electron chi connectivity index (χ4n) is 2.44. The highest BCUT2D eigenvalue weighted by atomic mass is 16.5. The van der Waals surface area contributed by atoms with Crippen LogP contribution in [-0.2, 0) is 22.6 Å². The Morgan fingerprint density at radius 2 is 1.80 bits per heavy atom. The average Bonchev–Trinajstić information content (AvgIpc) is 2.83. The summed E-state index contributed by atoms with van der Waals surface area (Å²) in [4.78, 5) is 2.44. The monoisotopic (exact) mass is 278 g/mol. The lowest BCUT2D eigenvalue weighted by Gasteiger charge is -2.14. The Balaban J connectivity index is 1.54. The Labute approximate surface area is 122 Å². The second kappa shape index (κ2) is 8.37. The van der Waals surface area contributed by atoms with E-state index in [4.69, 9.17) is 9.47 Å². The van der Waals surface area contributed by atoms with E-state index in [1.165, 1.54) is 16.7 Å². The van der Waals surface area contributed by atoms with Gasteiger partial charge in [0.25, 0.3) is 0 Å². The minimum absolute atomic E-state index is 0.682. The summed E-state index contributed by atoms with van der Waals surface area (Å²) < 4.78 is 11.0. The van der Waals surface area contributed by atoms with Crippen LogP contribution in [-0.4, -0.2) is 51.5 Å². The molecule has 1 aromatic carbocycles. The zero-order valence-electron chi connectivity index (χ0n) is 12.7. The van der Waals surface area contributed by atoms with Gasteiger partial charge in [-0.2, -0.15) is 0 Å². The number of aryl methyl sites for hydroxylation is 1. The van der Waals surface area contributed by atoms with Gasteiger partial charge in [0, 0.05) is 26.2 Å². The van der Waals surface area contributed by atoms with Crippen molar-refractivity contribution in [2.24, 2.45) is 0 Å². The quantitative estimate of drug-likeness (QED) is 0.695. The van der Waals surface area contributed by atoms with E-state index in [1.807, 2.05) is 7.05 Å². The van der Waals surface area contributed by atoms with E-state index in [0.29, 0.717) is 13.2 Å². The van der Waals surface area contributed by atoms with Gasteiger partial charge in [-0.1, -0.05) is 23.8 Å². The Kier molecular flexibility index (Phi) is 6.47. The summed E-state index contributed by atoms with van der Waals surface area (Å²) >= 11 is 0. The highest BCUT2D eigenvalue weighted by Crippen LogP contribution is 2.23. The van der Waals surface area contributed by atoms with Crippen LogP contribution >= 0.6 is 0 Å². The summed E-state index contributed by atoms with van der Waals surface area (Å²) in [5.74, 6) is 0. The lowest BCUT2D eigenvalue weighted by molar-refractivity contribution is 0.0395. The van der Waals surface area contributed by atoms with E-state index < -0.39 is 0 Å². The third-order valence-electron chi connectivity index (χ3n) is 3.57. The number of nitrogens with zero attached hydrogens (tertiary/aromatic N) is 1. The third kappa shape index (κ3) is 4.87. The molecule has 0 aromatic heterocycles. The molecule has 0 saturated heterocycles. The van der Waals surface area contributed by atoms with E-state index in [0.717, 1.165) is 39.4 Å². The fraction of sp³-hybridized carbons (Fsp3) is 0.625. The maximum Gasteiger partial charge on any atom is 0.0701 e. The van der Waals surface area contributed by atoms with Crippen LogP contribution in [0.1, 0.15) is 16.7 Å². The molecule has 0 atom stereocenters. The Morgan fingerprint density at radius 1 is 1.05 bits per heavy atom. The van der Waals surface area contributed by atoms with Gasteiger partial charge in [-0.05, 0) is 25.1 Å². The van der Waals surface area contributed by atoms with Crippen LogP contribution in [0.3, 0.4) is 0 Å². The molecule has 1 N–H and O–H groups in total.